The second kappa shape index (κ2) is 12.3. The molecule has 10 heteroatoms. The van der Waals surface area contributed by atoms with Crippen LogP contribution >= 0.6 is 11.3 Å². The van der Waals surface area contributed by atoms with Gasteiger partial charge in [-0.3, -0.25) is 9.59 Å². The number of carbonyl (C=O) groups is 3. The molecule has 3 heterocycles. The van der Waals surface area contributed by atoms with Gasteiger partial charge in [-0.1, -0.05) is 31.4 Å². The number of nitrogens with zero attached hydrogens (tertiary/aromatic N) is 1. The molecule has 238 valence electrons. The zero-order valence-corrected chi connectivity index (χ0v) is 26.6. The molecule has 0 saturated heterocycles. The summed E-state index contributed by atoms with van der Waals surface area (Å²) < 4.78 is 15.2. The van der Waals surface area contributed by atoms with E-state index >= 15 is 0 Å². The molecule has 2 amide bonds. The molecule has 0 bridgehead atoms. The van der Waals surface area contributed by atoms with Crippen LogP contribution in [-0.2, 0) is 16.1 Å². The average molecular weight is 640 g/mol. The van der Waals surface area contributed by atoms with E-state index in [-0.39, 0.29) is 11.8 Å². The SMILES string of the molecule is COc1ccc2c(c1)OCCn1c-2c(C2CCCCC2)c2sc(C(=O)NC3(C(=O)Nc4ccc(C=CC(=O)O)cc4)CCC3)cc21. The molecule has 0 spiro atoms. The standard InChI is InChI=1S/C36H37N3O6S/c1-44-25-13-14-26-28(20-25)45-19-18-39-27-21-29(46-33(27)31(32(26)39)23-6-3-2-4-7-23)34(42)38-36(16-5-17-36)35(43)37-24-11-8-22(9-12-24)10-15-30(40)41/h8-15,20-21,23H,2-7,16-19H2,1H3,(H,37,43)(H,38,42)(H,40,41). The highest BCUT2D eigenvalue weighted by atomic mass is 32.1. The van der Waals surface area contributed by atoms with Gasteiger partial charge in [0.1, 0.15) is 23.6 Å². The first kappa shape index (κ1) is 30.1. The predicted molar refractivity (Wildman–Crippen MR) is 179 cm³/mol. The Morgan fingerprint density at radius 2 is 1.83 bits per heavy atom. The Kier molecular flexibility index (Phi) is 8.06. The zero-order valence-electron chi connectivity index (χ0n) is 25.8. The average Bonchev–Trinajstić information content (AvgIpc) is 3.54. The van der Waals surface area contributed by atoms with Crippen LogP contribution in [0.3, 0.4) is 0 Å². The second-order valence-electron chi connectivity index (χ2n) is 12.4. The minimum absolute atomic E-state index is 0.232. The van der Waals surface area contributed by atoms with Crippen LogP contribution in [0.4, 0.5) is 5.69 Å². The summed E-state index contributed by atoms with van der Waals surface area (Å²) >= 11 is 1.53. The summed E-state index contributed by atoms with van der Waals surface area (Å²) in [5, 5.41) is 14.9. The Hall–Kier alpha value is -4.57. The lowest BCUT2D eigenvalue weighted by atomic mass is 9.75. The number of fused-ring (bicyclic) bond motifs is 5. The molecule has 0 atom stereocenters. The Balaban J connectivity index is 1.18. The van der Waals surface area contributed by atoms with Crippen LogP contribution in [0.2, 0.25) is 0 Å². The second-order valence-corrected chi connectivity index (χ2v) is 13.5. The van der Waals surface area contributed by atoms with Crippen molar-refractivity contribution in [2.24, 2.45) is 0 Å². The topological polar surface area (TPSA) is 119 Å². The molecule has 3 N–H and O–H groups in total. The smallest absolute Gasteiger partial charge is 0.328 e. The van der Waals surface area contributed by atoms with E-state index in [1.165, 1.54) is 47.9 Å². The van der Waals surface area contributed by atoms with E-state index in [2.05, 4.69) is 21.3 Å². The van der Waals surface area contributed by atoms with Crippen molar-refractivity contribution in [1.82, 2.24) is 9.88 Å². The number of hydrogen-bond donors (Lipinski definition) is 3. The number of methoxy groups -OCH3 is 1. The Morgan fingerprint density at radius 3 is 2.52 bits per heavy atom. The summed E-state index contributed by atoms with van der Waals surface area (Å²) in [6.45, 7) is 1.18. The molecule has 9 nitrogen and oxygen atoms in total. The minimum atomic E-state index is -1.02. The number of carbonyl (C=O) groups excluding carboxylic acids is 2. The Bertz CT molecular complexity index is 1840. The molecule has 2 fully saturated rings. The molecule has 2 saturated carbocycles. The molecule has 0 unspecified atom stereocenters. The summed E-state index contributed by atoms with van der Waals surface area (Å²) in [6, 6.07) is 15.0. The predicted octanol–water partition coefficient (Wildman–Crippen LogP) is 7.21. The van der Waals surface area contributed by atoms with Gasteiger partial charge in [0, 0.05) is 23.4 Å². The number of thiophene rings is 1. The maximum absolute atomic E-state index is 13.9. The third-order valence-corrected chi connectivity index (χ3v) is 10.8. The summed E-state index contributed by atoms with van der Waals surface area (Å²) in [6.07, 6.45) is 10.4. The number of anilines is 1. The summed E-state index contributed by atoms with van der Waals surface area (Å²) in [5.41, 5.74) is 4.93. The van der Waals surface area contributed by atoms with Gasteiger partial charge in [-0.15, -0.1) is 11.3 Å². The van der Waals surface area contributed by atoms with Crippen LogP contribution in [0.5, 0.6) is 11.5 Å². The largest absolute Gasteiger partial charge is 0.497 e. The molecule has 3 aliphatic rings. The van der Waals surface area contributed by atoms with Crippen molar-refractivity contribution in [3.05, 3.63) is 70.6 Å². The lowest BCUT2D eigenvalue weighted by molar-refractivity contribution is -0.131. The van der Waals surface area contributed by atoms with E-state index in [1.807, 2.05) is 18.2 Å². The van der Waals surface area contributed by atoms with Crippen LogP contribution in [0.1, 0.15) is 78.1 Å². The fourth-order valence-electron chi connectivity index (χ4n) is 7.06. The number of carboxylic acid groups (broad SMARTS) is 1. The molecule has 46 heavy (non-hydrogen) atoms. The van der Waals surface area contributed by atoms with Gasteiger partial charge in [0.15, 0.2) is 0 Å². The van der Waals surface area contributed by atoms with Gasteiger partial charge < -0.3 is 29.8 Å². The summed E-state index contributed by atoms with van der Waals surface area (Å²) in [5.74, 6) is 0.491. The van der Waals surface area contributed by atoms with Gasteiger partial charge in [-0.05, 0) is 85.6 Å². The number of hydrogen-bond acceptors (Lipinski definition) is 6. The molecule has 2 aromatic heterocycles. The van der Waals surface area contributed by atoms with Crippen molar-refractivity contribution in [2.75, 3.05) is 19.0 Å². The molecule has 1 aliphatic heterocycles. The number of carboxylic acids is 1. The maximum atomic E-state index is 13.9. The number of aromatic nitrogens is 1. The van der Waals surface area contributed by atoms with Gasteiger partial charge in [0.2, 0.25) is 5.91 Å². The van der Waals surface area contributed by atoms with Crippen molar-refractivity contribution < 1.29 is 29.0 Å². The van der Waals surface area contributed by atoms with Crippen molar-refractivity contribution >= 4 is 51.1 Å². The molecule has 4 aromatic rings. The van der Waals surface area contributed by atoms with Gasteiger partial charge in [0.05, 0.1) is 34.4 Å². The van der Waals surface area contributed by atoms with Gasteiger partial charge in [-0.25, -0.2) is 4.79 Å². The summed E-state index contributed by atoms with van der Waals surface area (Å²) in [7, 11) is 1.66. The minimum Gasteiger partial charge on any atom is -0.497 e. The molecule has 2 aliphatic carbocycles. The maximum Gasteiger partial charge on any atom is 0.328 e. The van der Waals surface area contributed by atoms with Crippen molar-refractivity contribution in [3.8, 4) is 22.8 Å². The van der Waals surface area contributed by atoms with Crippen LogP contribution in [-0.4, -0.2) is 46.7 Å². The fraction of sp³-hybridized carbons (Fsp3) is 0.361. The fourth-order valence-corrected chi connectivity index (χ4v) is 8.24. The van der Waals surface area contributed by atoms with E-state index in [0.29, 0.717) is 48.0 Å². The number of amides is 2. The third kappa shape index (κ3) is 5.55. The third-order valence-electron chi connectivity index (χ3n) is 9.61. The van der Waals surface area contributed by atoms with Crippen molar-refractivity contribution in [1.29, 1.82) is 0 Å². The van der Waals surface area contributed by atoms with E-state index in [1.54, 1.807) is 31.4 Å². The van der Waals surface area contributed by atoms with E-state index in [0.717, 1.165) is 52.6 Å². The van der Waals surface area contributed by atoms with Crippen LogP contribution in [0.15, 0.2) is 54.6 Å². The van der Waals surface area contributed by atoms with Gasteiger partial charge in [0.25, 0.3) is 5.91 Å². The monoisotopic (exact) mass is 639 g/mol. The van der Waals surface area contributed by atoms with Crippen LogP contribution in [0.25, 0.3) is 27.6 Å². The highest BCUT2D eigenvalue weighted by Gasteiger charge is 2.46. The van der Waals surface area contributed by atoms with Gasteiger partial charge in [-0.2, -0.15) is 0 Å². The van der Waals surface area contributed by atoms with E-state index in [4.69, 9.17) is 14.6 Å². The van der Waals surface area contributed by atoms with Gasteiger partial charge >= 0.3 is 5.97 Å². The van der Waals surface area contributed by atoms with E-state index in [9.17, 15) is 14.4 Å². The van der Waals surface area contributed by atoms with E-state index < -0.39 is 11.5 Å². The lowest BCUT2D eigenvalue weighted by Crippen LogP contribution is -2.61. The highest BCUT2D eigenvalue weighted by molar-refractivity contribution is 7.21. The Morgan fingerprint density at radius 1 is 1.04 bits per heavy atom. The number of ether oxygens (including phenoxy) is 2. The number of benzene rings is 2. The molecule has 0 radical (unpaired) electrons. The first-order valence-corrected chi connectivity index (χ1v) is 16.8. The first-order chi connectivity index (χ1) is 22.3. The quantitative estimate of drug-likeness (QED) is 0.175. The molecule has 7 rings (SSSR count). The number of aliphatic carboxylic acids is 1. The van der Waals surface area contributed by atoms with Crippen LogP contribution in [0, 0.1) is 0 Å². The van der Waals surface area contributed by atoms with Crippen molar-refractivity contribution in [3.63, 3.8) is 0 Å². The number of nitrogens with one attached hydrogen (secondary N) is 2. The zero-order chi connectivity index (χ0) is 31.8. The normalized spacial score (nSPS) is 17.3. The van der Waals surface area contributed by atoms with Crippen LogP contribution < -0.4 is 20.1 Å². The highest BCUT2D eigenvalue weighted by Crippen LogP contribution is 2.49. The Labute approximate surface area is 271 Å². The molecular formula is C36H37N3O6S. The van der Waals surface area contributed by atoms with Crippen molar-refractivity contribution in [2.45, 2.75) is 69.4 Å². The number of rotatable bonds is 8. The summed E-state index contributed by atoms with van der Waals surface area (Å²) in [4.78, 5) is 38.8. The lowest BCUT2D eigenvalue weighted by Gasteiger charge is -2.40. The molecular weight excluding hydrogens is 602 g/mol. The molecule has 2 aromatic carbocycles. The first-order valence-electron chi connectivity index (χ1n) is 16.0.